The van der Waals surface area contributed by atoms with Gasteiger partial charge >= 0.3 is 0 Å². The van der Waals surface area contributed by atoms with Crippen LogP contribution in [0, 0.1) is 5.41 Å². The average Bonchev–Trinajstić information content (AvgIpc) is 2.29. The highest BCUT2D eigenvalue weighted by atomic mass is 15.3. The van der Waals surface area contributed by atoms with Gasteiger partial charge < -0.3 is 10.6 Å². The molecular formula is C12H20N4. The summed E-state index contributed by atoms with van der Waals surface area (Å²) in [4.78, 5) is 2.30. The number of nitrogens with two attached hydrogens (primary N) is 1. The molecule has 1 aromatic heterocycles. The molecule has 16 heavy (non-hydrogen) atoms. The van der Waals surface area contributed by atoms with E-state index in [1.807, 2.05) is 12.1 Å². The number of rotatable bonds is 2. The third kappa shape index (κ3) is 2.50. The summed E-state index contributed by atoms with van der Waals surface area (Å²) in [5, 5.41) is 8.31. The summed E-state index contributed by atoms with van der Waals surface area (Å²) in [6, 6.07) is 3.98. The molecular weight excluding hydrogens is 200 g/mol. The van der Waals surface area contributed by atoms with E-state index in [9.17, 15) is 0 Å². The molecule has 0 bridgehead atoms. The third-order valence-corrected chi connectivity index (χ3v) is 3.36. The molecule has 88 valence electrons. The van der Waals surface area contributed by atoms with Crippen LogP contribution in [0.2, 0.25) is 0 Å². The topological polar surface area (TPSA) is 55.0 Å². The number of aromatic nitrogens is 2. The van der Waals surface area contributed by atoms with E-state index in [-0.39, 0.29) is 0 Å². The smallest absolute Gasteiger partial charge is 0.151 e. The zero-order valence-corrected chi connectivity index (χ0v) is 10.1. The molecule has 1 saturated heterocycles. The van der Waals surface area contributed by atoms with E-state index in [0.29, 0.717) is 12.0 Å². The summed E-state index contributed by atoms with van der Waals surface area (Å²) in [5.41, 5.74) is 6.82. The summed E-state index contributed by atoms with van der Waals surface area (Å²) in [6.45, 7) is 7.26. The van der Waals surface area contributed by atoms with Gasteiger partial charge in [-0.05, 0) is 30.4 Å². The first-order chi connectivity index (χ1) is 7.61. The van der Waals surface area contributed by atoms with Gasteiger partial charge in [0, 0.05) is 19.6 Å². The predicted molar refractivity (Wildman–Crippen MR) is 65.2 cm³/mol. The molecule has 1 fully saturated rings. The molecule has 0 unspecified atom stereocenters. The van der Waals surface area contributed by atoms with Crippen LogP contribution in [0.3, 0.4) is 0 Å². The number of piperidine rings is 1. The predicted octanol–water partition coefficient (Wildman–Crippen LogP) is 1.56. The fraction of sp³-hybridized carbons (Fsp3) is 0.667. The van der Waals surface area contributed by atoms with Gasteiger partial charge in [-0.25, -0.2) is 0 Å². The van der Waals surface area contributed by atoms with Crippen LogP contribution in [0.25, 0.3) is 0 Å². The SMILES string of the molecule is CC1(C)CCN(c2ccc(CN)nn2)CC1. The molecule has 2 heterocycles. The first-order valence-corrected chi connectivity index (χ1v) is 5.88. The third-order valence-electron chi connectivity index (χ3n) is 3.36. The van der Waals surface area contributed by atoms with E-state index in [1.165, 1.54) is 12.8 Å². The lowest BCUT2D eigenvalue weighted by Crippen LogP contribution is -2.37. The van der Waals surface area contributed by atoms with Crippen LogP contribution in [0.4, 0.5) is 5.82 Å². The zero-order valence-electron chi connectivity index (χ0n) is 10.1. The van der Waals surface area contributed by atoms with Crippen LogP contribution in [-0.2, 0) is 6.54 Å². The van der Waals surface area contributed by atoms with Gasteiger partial charge in [0.15, 0.2) is 5.82 Å². The second kappa shape index (κ2) is 4.37. The van der Waals surface area contributed by atoms with Crippen LogP contribution >= 0.6 is 0 Å². The number of hydrogen-bond acceptors (Lipinski definition) is 4. The van der Waals surface area contributed by atoms with Crippen LogP contribution < -0.4 is 10.6 Å². The van der Waals surface area contributed by atoms with Crippen molar-refractivity contribution in [1.29, 1.82) is 0 Å². The van der Waals surface area contributed by atoms with Crippen molar-refractivity contribution in [3.63, 3.8) is 0 Å². The van der Waals surface area contributed by atoms with Gasteiger partial charge in [-0.3, -0.25) is 0 Å². The summed E-state index contributed by atoms with van der Waals surface area (Å²) in [5.74, 6) is 0.979. The molecule has 0 amide bonds. The van der Waals surface area contributed by atoms with E-state index in [2.05, 4.69) is 28.9 Å². The molecule has 0 spiro atoms. The Balaban J connectivity index is 2.03. The van der Waals surface area contributed by atoms with Crippen LogP contribution in [-0.4, -0.2) is 23.3 Å². The highest BCUT2D eigenvalue weighted by molar-refractivity contribution is 5.37. The lowest BCUT2D eigenvalue weighted by atomic mass is 9.83. The van der Waals surface area contributed by atoms with Crippen molar-refractivity contribution >= 4 is 5.82 Å². The Labute approximate surface area is 96.9 Å². The molecule has 1 aliphatic heterocycles. The van der Waals surface area contributed by atoms with Crippen molar-refractivity contribution in [2.24, 2.45) is 11.1 Å². The summed E-state index contributed by atoms with van der Waals surface area (Å²) in [6.07, 6.45) is 2.43. The molecule has 0 aliphatic carbocycles. The number of nitrogens with zero attached hydrogens (tertiary/aromatic N) is 3. The molecule has 2 N–H and O–H groups in total. The number of anilines is 1. The van der Waals surface area contributed by atoms with E-state index < -0.39 is 0 Å². The van der Waals surface area contributed by atoms with Crippen molar-refractivity contribution < 1.29 is 0 Å². The normalized spacial score (nSPS) is 19.8. The van der Waals surface area contributed by atoms with Crippen LogP contribution in [0.15, 0.2) is 12.1 Å². The first kappa shape index (κ1) is 11.3. The minimum absolute atomic E-state index is 0.459. The quantitative estimate of drug-likeness (QED) is 0.822. The summed E-state index contributed by atoms with van der Waals surface area (Å²) < 4.78 is 0. The number of hydrogen-bond donors (Lipinski definition) is 1. The van der Waals surface area contributed by atoms with Crippen LogP contribution in [0.1, 0.15) is 32.4 Å². The Bertz CT molecular complexity index is 335. The maximum absolute atomic E-state index is 5.50. The monoisotopic (exact) mass is 220 g/mol. The molecule has 4 heteroatoms. The maximum Gasteiger partial charge on any atom is 0.151 e. The first-order valence-electron chi connectivity index (χ1n) is 5.88. The molecule has 2 rings (SSSR count). The molecule has 0 radical (unpaired) electrons. The zero-order chi connectivity index (χ0) is 11.6. The lowest BCUT2D eigenvalue weighted by molar-refractivity contribution is 0.279. The second-order valence-corrected chi connectivity index (χ2v) is 5.24. The molecule has 4 nitrogen and oxygen atoms in total. The van der Waals surface area contributed by atoms with Gasteiger partial charge in [0.25, 0.3) is 0 Å². The minimum atomic E-state index is 0.459. The maximum atomic E-state index is 5.50. The van der Waals surface area contributed by atoms with Gasteiger partial charge in [0.2, 0.25) is 0 Å². The summed E-state index contributed by atoms with van der Waals surface area (Å²) >= 11 is 0. The summed E-state index contributed by atoms with van der Waals surface area (Å²) in [7, 11) is 0. The fourth-order valence-corrected chi connectivity index (χ4v) is 1.97. The molecule has 0 aromatic carbocycles. The Morgan fingerprint density at radius 3 is 2.44 bits per heavy atom. The van der Waals surface area contributed by atoms with Crippen molar-refractivity contribution in [3.8, 4) is 0 Å². The Kier molecular flexibility index (Phi) is 3.10. The average molecular weight is 220 g/mol. The lowest BCUT2D eigenvalue weighted by Gasteiger charge is -2.37. The van der Waals surface area contributed by atoms with E-state index in [0.717, 1.165) is 24.6 Å². The standard InChI is InChI=1S/C12H20N4/c1-12(2)5-7-16(8-6-12)11-4-3-10(9-13)14-15-11/h3-4H,5-9,13H2,1-2H3. The van der Waals surface area contributed by atoms with Gasteiger partial charge in [-0.1, -0.05) is 13.8 Å². The Morgan fingerprint density at radius 1 is 1.25 bits per heavy atom. The van der Waals surface area contributed by atoms with Crippen molar-refractivity contribution in [2.75, 3.05) is 18.0 Å². The Morgan fingerprint density at radius 2 is 1.94 bits per heavy atom. The van der Waals surface area contributed by atoms with E-state index in [1.54, 1.807) is 0 Å². The van der Waals surface area contributed by atoms with E-state index in [4.69, 9.17) is 5.73 Å². The Hall–Kier alpha value is -1.16. The molecule has 1 aliphatic rings. The van der Waals surface area contributed by atoms with Gasteiger partial charge in [-0.2, -0.15) is 5.10 Å². The minimum Gasteiger partial charge on any atom is -0.355 e. The highest BCUT2D eigenvalue weighted by Crippen LogP contribution is 2.31. The molecule has 1 aromatic rings. The van der Waals surface area contributed by atoms with Gasteiger partial charge in [0.05, 0.1) is 5.69 Å². The highest BCUT2D eigenvalue weighted by Gasteiger charge is 2.25. The van der Waals surface area contributed by atoms with Gasteiger partial charge in [-0.15, -0.1) is 5.10 Å². The largest absolute Gasteiger partial charge is 0.355 e. The van der Waals surface area contributed by atoms with Crippen molar-refractivity contribution in [2.45, 2.75) is 33.2 Å². The van der Waals surface area contributed by atoms with Crippen molar-refractivity contribution in [1.82, 2.24) is 10.2 Å². The fourth-order valence-electron chi connectivity index (χ4n) is 1.97. The van der Waals surface area contributed by atoms with Gasteiger partial charge in [0.1, 0.15) is 0 Å². The van der Waals surface area contributed by atoms with Crippen LogP contribution in [0.5, 0.6) is 0 Å². The molecule has 0 saturated carbocycles. The van der Waals surface area contributed by atoms with Crippen molar-refractivity contribution in [3.05, 3.63) is 17.8 Å². The molecule has 0 atom stereocenters. The van der Waals surface area contributed by atoms with E-state index >= 15 is 0 Å². The second-order valence-electron chi connectivity index (χ2n) is 5.24.